The van der Waals surface area contributed by atoms with Crippen molar-refractivity contribution in [2.75, 3.05) is 0 Å². The molecule has 176 valence electrons. The SMILES string of the molecule is O=C(C=Cc1ccccc1)c1ccc(N=Cc2ccc(OC(=O)c3cccc([N+](=O)[O-])c3)cc2)cc1. The molecule has 4 aromatic rings. The highest BCUT2D eigenvalue weighted by molar-refractivity contribution is 6.07. The molecule has 7 heteroatoms. The van der Waals surface area contributed by atoms with Crippen molar-refractivity contribution < 1.29 is 19.2 Å². The smallest absolute Gasteiger partial charge is 0.343 e. The van der Waals surface area contributed by atoms with Gasteiger partial charge in [0.25, 0.3) is 5.69 Å². The van der Waals surface area contributed by atoms with E-state index >= 15 is 0 Å². The molecular weight excluding hydrogens is 456 g/mol. The summed E-state index contributed by atoms with van der Waals surface area (Å²) in [4.78, 5) is 39.4. The lowest BCUT2D eigenvalue weighted by atomic mass is 10.1. The van der Waals surface area contributed by atoms with Crippen LogP contribution < -0.4 is 4.74 Å². The number of esters is 1. The van der Waals surface area contributed by atoms with Crippen molar-refractivity contribution in [1.29, 1.82) is 0 Å². The molecule has 0 aliphatic rings. The monoisotopic (exact) mass is 476 g/mol. The second-order valence-electron chi connectivity index (χ2n) is 7.68. The molecule has 0 aliphatic heterocycles. The second-order valence-corrected chi connectivity index (χ2v) is 7.68. The van der Waals surface area contributed by atoms with Gasteiger partial charge in [-0.25, -0.2) is 4.79 Å². The molecule has 36 heavy (non-hydrogen) atoms. The largest absolute Gasteiger partial charge is 0.423 e. The zero-order valence-electron chi connectivity index (χ0n) is 19.0. The Morgan fingerprint density at radius 1 is 0.778 bits per heavy atom. The summed E-state index contributed by atoms with van der Waals surface area (Å²) in [6.45, 7) is 0. The average Bonchev–Trinajstić information content (AvgIpc) is 2.92. The summed E-state index contributed by atoms with van der Waals surface area (Å²) in [5.74, 6) is -0.479. The molecule has 0 heterocycles. The van der Waals surface area contributed by atoms with E-state index in [-0.39, 0.29) is 17.0 Å². The van der Waals surface area contributed by atoms with E-state index in [0.29, 0.717) is 17.0 Å². The summed E-state index contributed by atoms with van der Waals surface area (Å²) >= 11 is 0. The second kappa shape index (κ2) is 11.3. The summed E-state index contributed by atoms with van der Waals surface area (Å²) < 4.78 is 5.29. The number of aliphatic imine (C=N–C) groups is 1. The number of nitro benzene ring substituents is 1. The molecular formula is C29H20N2O5. The number of ketones is 1. The van der Waals surface area contributed by atoms with Crippen molar-refractivity contribution >= 4 is 35.4 Å². The molecule has 0 atom stereocenters. The number of benzene rings is 4. The maximum atomic E-state index is 12.4. The minimum atomic E-state index is -0.687. The Morgan fingerprint density at radius 2 is 1.50 bits per heavy atom. The van der Waals surface area contributed by atoms with E-state index in [1.54, 1.807) is 66.9 Å². The number of carbonyl (C=O) groups is 2. The van der Waals surface area contributed by atoms with Crippen LogP contribution in [-0.4, -0.2) is 22.9 Å². The van der Waals surface area contributed by atoms with E-state index in [2.05, 4.69) is 4.99 Å². The summed E-state index contributed by atoms with van der Waals surface area (Å²) in [5, 5.41) is 10.9. The zero-order valence-corrected chi connectivity index (χ0v) is 19.0. The lowest BCUT2D eigenvalue weighted by molar-refractivity contribution is -0.384. The van der Waals surface area contributed by atoms with Crippen LogP contribution in [0.15, 0.2) is 114 Å². The first kappa shape index (κ1) is 24.0. The van der Waals surface area contributed by atoms with Crippen molar-refractivity contribution in [2.24, 2.45) is 4.99 Å². The van der Waals surface area contributed by atoms with Crippen molar-refractivity contribution in [3.05, 3.63) is 142 Å². The molecule has 0 spiro atoms. The van der Waals surface area contributed by atoms with Crippen LogP contribution in [0.2, 0.25) is 0 Å². The fourth-order valence-corrected chi connectivity index (χ4v) is 3.23. The molecule has 4 rings (SSSR count). The molecule has 4 aromatic carbocycles. The van der Waals surface area contributed by atoms with Gasteiger partial charge in [0.1, 0.15) is 5.75 Å². The minimum absolute atomic E-state index is 0.0901. The van der Waals surface area contributed by atoms with Gasteiger partial charge in [-0.2, -0.15) is 0 Å². The number of carbonyl (C=O) groups excluding carboxylic acids is 2. The lowest BCUT2D eigenvalue weighted by Gasteiger charge is -2.04. The Morgan fingerprint density at radius 3 is 2.19 bits per heavy atom. The predicted molar refractivity (Wildman–Crippen MR) is 138 cm³/mol. The highest BCUT2D eigenvalue weighted by atomic mass is 16.6. The third kappa shape index (κ3) is 6.45. The summed E-state index contributed by atoms with van der Waals surface area (Å²) in [6.07, 6.45) is 4.97. The summed E-state index contributed by atoms with van der Waals surface area (Å²) in [7, 11) is 0. The molecule has 0 amide bonds. The molecule has 0 saturated heterocycles. The van der Waals surface area contributed by atoms with Crippen LogP contribution in [-0.2, 0) is 0 Å². The van der Waals surface area contributed by atoms with Gasteiger partial charge in [-0.05, 0) is 71.8 Å². The highest BCUT2D eigenvalue weighted by Crippen LogP contribution is 2.18. The summed E-state index contributed by atoms with van der Waals surface area (Å²) in [5.41, 5.74) is 2.88. The Bertz CT molecular complexity index is 1440. The van der Waals surface area contributed by atoms with Gasteiger partial charge in [0.2, 0.25) is 0 Å². The number of rotatable bonds is 8. The molecule has 0 saturated carbocycles. The van der Waals surface area contributed by atoms with Crippen LogP contribution in [0.5, 0.6) is 5.75 Å². The molecule has 0 aliphatic carbocycles. The van der Waals surface area contributed by atoms with Crippen molar-refractivity contribution in [3.8, 4) is 5.75 Å². The molecule has 0 N–H and O–H groups in total. The highest BCUT2D eigenvalue weighted by Gasteiger charge is 2.13. The van der Waals surface area contributed by atoms with Crippen LogP contribution in [0.25, 0.3) is 6.08 Å². The van der Waals surface area contributed by atoms with E-state index in [4.69, 9.17) is 4.74 Å². The van der Waals surface area contributed by atoms with Crippen LogP contribution >= 0.6 is 0 Å². The number of hydrogen-bond acceptors (Lipinski definition) is 6. The van der Waals surface area contributed by atoms with E-state index in [0.717, 1.165) is 11.1 Å². The number of nitro groups is 1. The number of hydrogen-bond donors (Lipinski definition) is 0. The van der Waals surface area contributed by atoms with Crippen molar-refractivity contribution in [1.82, 2.24) is 0 Å². The van der Waals surface area contributed by atoms with E-state index in [1.165, 1.54) is 24.3 Å². The fourth-order valence-electron chi connectivity index (χ4n) is 3.23. The van der Waals surface area contributed by atoms with Gasteiger partial charge in [0.15, 0.2) is 5.78 Å². The topological polar surface area (TPSA) is 98.9 Å². The van der Waals surface area contributed by atoms with E-state index in [1.807, 2.05) is 30.3 Å². The van der Waals surface area contributed by atoms with Crippen LogP contribution in [0.3, 0.4) is 0 Å². The molecule has 0 bridgehead atoms. The van der Waals surface area contributed by atoms with Gasteiger partial charge in [0.05, 0.1) is 16.2 Å². The molecule has 0 radical (unpaired) electrons. The fraction of sp³-hybridized carbons (Fsp3) is 0. The first-order valence-corrected chi connectivity index (χ1v) is 11.0. The molecule has 0 fully saturated rings. The van der Waals surface area contributed by atoms with Crippen LogP contribution in [0, 0.1) is 10.1 Å². The third-order valence-corrected chi connectivity index (χ3v) is 5.12. The zero-order chi connectivity index (χ0) is 25.3. The number of nitrogens with zero attached hydrogens (tertiary/aromatic N) is 2. The molecule has 0 aromatic heterocycles. The number of non-ortho nitro benzene ring substituents is 1. The third-order valence-electron chi connectivity index (χ3n) is 5.12. The Hall–Kier alpha value is -5.17. The van der Waals surface area contributed by atoms with Gasteiger partial charge >= 0.3 is 5.97 Å². The Kier molecular flexibility index (Phi) is 7.53. The predicted octanol–water partition coefficient (Wildman–Crippen LogP) is 6.46. The lowest BCUT2D eigenvalue weighted by Crippen LogP contribution is -2.08. The Labute approximate surface area is 207 Å². The van der Waals surface area contributed by atoms with Crippen molar-refractivity contribution in [2.45, 2.75) is 0 Å². The maximum Gasteiger partial charge on any atom is 0.343 e. The number of ether oxygens (including phenoxy) is 1. The van der Waals surface area contributed by atoms with E-state index < -0.39 is 10.9 Å². The molecule has 7 nitrogen and oxygen atoms in total. The maximum absolute atomic E-state index is 12.4. The number of allylic oxidation sites excluding steroid dienone is 1. The Balaban J connectivity index is 1.35. The van der Waals surface area contributed by atoms with Crippen molar-refractivity contribution in [3.63, 3.8) is 0 Å². The van der Waals surface area contributed by atoms with Crippen LogP contribution in [0.1, 0.15) is 31.8 Å². The first-order chi connectivity index (χ1) is 17.5. The van der Waals surface area contributed by atoms with Gasteiger partial charge in [-0.15, -0.1) is 0 Å². The molecule has 0 unspecified atom stereocenters. The normalized spacial score (nSPS) is 11.0. The first-order valence-electron chi connectivity index (χ1n) is 11.0. The average molecular weight is 476 g/mol. The van der Waals surface area contributed by atoms with E-state index in [9.17, 15) is 19.7 Å². The summed E-state index contributed by atoms with van der Waals surface area (Å²) in [6, 6.07) is 28.6. The standard InChI is InChI=1S/C29H20N2O5/c32-28(18-11-21-5-2-1-3-6-21)23-12-14-25(15-13-23)30-20-22-9-16-27(17-10-22)36-29(33)24-7-4-8-26(19-24)31(34)35/h1-20H. The van der Waals surface area contributed by atoms with Gasteiger partial charge < -0.3 is 4.74 Å². The van der Waals surface area contributed by atoms with Gasteiger partial charge in [0, 0.05) is 23.9 Å². The van der Waals surface area contributed by atoms with Gasteiger partial charge in [-0.1, -0.05) is 42.5 Å². The quantitative estimate of drug-likeness (QED) is 0.0553. The van der Waals surface area contributed by atoms with Gasteiger partial charge in [-0.3, -0.25) is 19.9 Å². The van der Waals surface area contributed by atoms with Crippen LogP contribution in [0.4, 0.5) is 11.4 Å². The minimum Gasteiger partial charge on any atom is -0.423 e.